The van der Waals surface area contributed by atoms with Gasteiger partial charge in [0.1, 0.15) is 6.33 Å². The molecule has 0 saturated heterocycles. The topological polar surface area (TPSA) is 49.6 Å². The van der Waals surface area contributed by atoms with E-state index in [4.69, 9.17) is 0 Å². The lowest BCUT2D eigenvalue weighted by atomic mass is 9.70. The Labute approximate surface area is 92.1 Å². The molecule has 0 aromatic carbocycles. The maximum atomic E-state index is 13.1. The van der Waals surface area contributed by atoms with Crippen molar-refractivity contribution in [3.63, 3.8) is 0 Å². The van der Waals surface area contributed by atoms with Crippen LogP contribution in [0.4, 0.5) is 8.78 Å². The highest BCUT2D eigenvalue weighted by Gasteiger charge is 2.44. The van der Waals surface area contributed by atoms with Gasteiger partial charge in [-0.25, -0.2) is 18.7 Å². The highest BCUT2D eigenvalue weighted by Crippen LogP contribution is 2.44. The van der Waals surface area contributed by atoms with E-state index in [1.807, 2.05) is 0 Å². The summed E-state index contributed by atoms with van der Waals surface area (Å²) in [5.74, 6) is -2.63. The summed E-state index contributed by atoms with van der Waals surface area (Å²) in [6.45, 7) is 0. The number of aromatic nitrogens is 2. The molecular formula is C11H11F2N3. The summed E-state index contributed by atoms with van der Waals surface area (Å²) >= 11 is 0. The molecule has 16 heavy (non-hydrogen) atoms. The van der Waals surface area contributed by atoms with Crippen LogP contribution in [0.5, 0.6) is 0 Å². The van der Waals surface area contributed by atoms with E-state index >= 15 is 0 Å². The molecule has 1 aromatic heterocycles. The summed E-state index contributed by atoms with van der Waals surface area (Å²) in [6.07, 6.45) is 4.31. The van der Waals surface area contributed by atoms with Crippen molar-refractivity contribution in [3.8, 4) is 6.07 Å². The summed E-state index contributed by atoms with van der Waals surface area (Å²) in [5, 5.41) is 9.21. The second kappa shape index (κ2) is 3.78. The lowest BCUT2D eigenvalue weighted by Crippen LogP contribution is -2.35. The minimum absolute atomic E-state index is 0.171. The monoisotopic (exact) mass is 223 g/mol. The van der Waals surface area contributed by atoms with Gasteiger partial charge >= 0.3 is 0 Å². The Kier molecular flexibility index (Phi) is 2.58. The first-order chi connectivity index (χ1) is 7.58. The minimum Gasteiger partial charge on any atom is -0.244 e. The van der Waals surface area contributed by atoms with Crippen LogP contribution in [-0.2, 0) is 5.41 Å². The summed E-state index contributed by atoms with van der Waals surface area (Å²) in [6, 6.07) is 2.16. The zero-order valence-electron chi connectivity index (χ0n) is 8.66. The molecule has 1 aromatic rings. The largest absolute Gasteiger partial charge is 0.248 e. The van der Waals surface area contributed by atoms with Gasteiger partial charge in [0.2, 0.25) is 5.92 Å². The first kappa shape index (κ1) is 10.9. The van der Waals surface area contributed by atoms with E-state index in [9.17, 15) is 14.0 Å². The first-order valence-corrected chi connectivity index (χ1v) is 5.13. The van der Waals surface area contributed by atoms with E-state index in [0.717, 1.165) is 0 Å². The standard InChI is InChI=1S/C11H11F2N3/c12-11(13)3-1-10(7-14,2-4-11)9-5-15-8-16-6-9/h5-6,8H,1-4H2. The predicted molar refractivity (Wildman–Crippen MR) is 52.7 cm³/mol. The van der Waals surface area contributed by atoms with Crippen molar-refractivity contribution in [1.29, 1.82) is 5.26 Å². The van der Waals surface area contributed by atoms with Gasteiger partial charge in [0.15, 0.2) is 0 Å². The SMILES string of the molecule is N#CC1(c2cncnc2)CCC(F)(F)CC1. The third-order valence-corrected chi connectivity index (χ3v) is 3.16. The Morgan fingerprint density at radius 2 is 1.69 bits per heavy atom. The molecule has 1 heterocycles. The molecule has 1 saturated carbocycles. The van der Waals surface area contributed by atoms with E-state index in [1.54, 1.807) is 12.4 Å². The molecule has 0 N–H and O–H groups in total. The van der Waals surface area contributed by atoms with Crippen molar-refractivity contribution in [1.82, 2.24) is 9.97 Å². The van der Waals surface area contributed by atoms with Crippen LogP contribution < -0.4 is 0 Å². The average molecular weight is 223 g/mol. The normalized spacial score (nSPS) is 22.3. The lowest BCUT2D eigenvalue weighted by molar-refractivity contribution is -0.0454. The van der Waals surface area contributed by atoms with Gasteiger partial charge in [-0.1, -0.05) is 0 Å². The molecule has 2 rings (SSSR count). The van der Waals surface area contributed by atoms with E-state index in [-0.39, 0.29) is 25.7 Å². The molecule has 0 bridgehead atoms. The number of halogens is 2. The highest BCUT2D eigenvalue weighted by molar-refractivity contribution is 5.29. The third-order valence-electron chi connectivity index (χ3n) is 3.16. The molecule has 0 radical (unpaired) electrons. The second-order valence-electron chi connectivity index (χ2n) is 4.18. The fourth-order valence-electron chi connectivity index (χ4n) is 2.05. The van der Waals surface area contributed by atoms with Crippen molar-refractivity contribution < 1.29 is 8.78 Å². The third kappa shape index (κ3) is 1.87. The van der Waals surface area contributed by atoms with Gasteiger partial charge in [-0.2, -0.15) is 5.26 Å². The van der Waals surface area contributed by atoms with Crippen LogP contribution in [-0.4, -0.2) is 15.9 Å². The van der Waals surface area contributed by atoms with Crippen molar-refractivity contribution in [2.24, 2.45) is 0 Å². The molecule has 0 amide bonds. The summed E-state index contributed by atoms with van der Waals surface area (Å²) < 4.78 is 26.1. The van der Waals surface area contributed by atoms with Gasteiger partial charge in [-0.15, -0.1) is 0 Å². The molecule has 0 aliphatic heterocycles. The Hall–Kier alpha value is -1.57. The van der Waals surface area contributed by atoms with Crippen LogP contribution in [0.3, 0.4) is 0 Å². The van der Waals surface area contributed by atoms with Crippen molar-refractivity contribution in [2.45, 2.75) is 37.0 Å². The van der Waals surface area contributed by atoms with Crippen molar-refractivity contribution in [3.05, 3.63) is 24.3 Å². The van der Waals surface area contributed by atoms with Gasteiger partial charge in [-0.3, -0.25) is 0 Å². The molecule has 3 nitrogen and oxygen atoms in total. The fourth-order valence-corrected chi connectivity index (χ4v) is 2.05. The maximum Gasteiger partial charge on any atom is 0.248 e. The Balaban J connectivity index is 2.27. The van der Waals surface area contributed by atoms with E-state index in [2.05, 4.69) is 16.0 Å². The van der Waals surface area contributed by atoms with Crippen LogP contribution in [0, 0.1) is 11.3 Å². The maximum absolute atomic E-state index is 13.1. The van der Waals surface area contributed by atoms with E-state index in [1.165, 1.54) is 6.33 Å². The predicted octanol–water partition coefficient (Wildman–Crippen LogP) is 2.45. The van der Waals surface area contributed by atoms with Crippen LogP contribution in [0.2, 0.25) is 0 Å². The Morgan fingerprint density at radius 1 is 1.12 bits per heavy atom. The van der Waals surface area contributed by atoms with E-state index < -0.39 is 11.3 Å². The number of hydrogen-bond acceptors (Lipinski definition) is 3. The van der Waals surface area contributed by atoms with Gasteiger partial charge in [0, 0.05) is 30.8 Å². The van der Waals surface area contributed by atoms with E-state index in [0.29, 0.717) is 5.56 Å². The first-order valence-electron chi connectivity index (χ1n) is 5.13. The molecule has 1 aliphatic carbocycles. The summed E-state index contributed by atoms with van der Waals surface area (Å²) in [7, 11) is 0. The molecule has 0 atom stereocenters. The summed E-state index contributed by atoms with van der Waals surface area (Å²) in [4.78, 5) is 7.68. The van der Waals surface area contributed by atoms with Crippen LogP contribution >= 0.6 is 0 Å². The second-order valence-corrected chi connectivity index (χ2v) is 4.18. The quantitative estimate of drug-likeness (QED) is 0.734. The Bertz CT molecular complexity index is 401. The molecule has 1 aliphatic rings. The molecule has 5 heteroatoms. The van der Waals surface area contributed by atoms with Gasteiger partial charge in [0.05, 0.1) is 11.5 Å². The number of nitriles is 1. The minimum atomic E-state index is -2.63. The lowest BCUT2D eigenvalue weighted by Gasteiger charge is -2.34. The number of alkyl halides is 2. The van der Waals surface area contributed by atoms with Crippen LogP contribution in [0.1, 0.15) is 31.2 Å². The summed E-state index contributed by atoms with van der Waals surface area (Å²) in [5.41, 5.74) is -0.184. The molecule has 0 unspecified atom stereocenters. The van der Waals surface area contributed by atoms with Crippen LogP contribution in [0.15, 0.2) is 18.7 Å². The smallest absolute Gasteiger partial charge is 0.244 e. The molecule has 1 fully saturated rings. The number of nitrogens with zero attached hydrogens (tertiary/aromatic N) is 3. The van der Waals surface area contributed by atoms with Gasteiger partial charge < -0.3 is 0 Å². The average Bonchev–Trinajstić information content (AvgIpc) is 2.31. The zero-order valence-corrected chi connectivity index (χ0v) is 8.66. The van der Waals surface area contributed by atoms with Crippen molar-refractivity contribution in [2.75, 3.05) is 0 Å². The highest BCUT2D eigenvalue weighted by atomic mass is 19.3. The molecule has 0 spiro atoms. The van der Waals surface area contributed by atoms with Crippen molar-refractivity contribution >= 4 is 0 Å². The van der Waals surface area contributed by atoms with Crippen LogP contribution in [0.25, 0.3) is 0 Å². The number of hydrogen-bond donors (Lipinski definition) is 0. The number of rotatable bonds is 1. The zero-order chi connectivity index (χ0) is 11.6. The van der Waals surface area contributed by atoms with Gasteiger partial charge in [0.25, 0.3) is 0 Å². The Morgan fingerprint density at radius 3 is 2.19 bits per heavy atom. The molecule has 84 valence electrons. The van der Waals surface area contributed by atoms with Gasteiger partial charge in [-0.05, 0) is 12.8 Å². The molecular weight excluding hydrogens is 212 g/mol. The fraction of sp³-hybridized carbons (Fsp3) is 0.545.